The van der Waals surface area contributed by atoms with Gasteiger partial charge in [-0.15, -0.1) is 0 Å². The normalized spacial score (nSPS) is 16.8. The molecule has 0 N–H and O–H groups in total. The van der Waals surface area contributed by atoms with Gasteiger partial charge in [-0.05, 0) is 11.6 Å². The van der Waals surface area contributed by atoms with Crippen molar-refractivity contribution in [2.75, 3.05) is 27.5 Å². The molecule has 1 aromatic rings. The molecule has 2 heterocycles. The van der Waals surface area contributed by atoms with Crippen LogP contribution in [0.5, 0.6) is 17.2 Å². The van der Waals surface area contributed by atoms with Crippen molar-refractivity contribution in [2.24, 2.45) is 0 Å². The molecule has 0 radical (unpaired) electrons. The van der Waals surface area contributed by atoms with Crippen LogP contribution >= 0.6 is 0 Å². The Kier molecular flexibility index (Phi) is 2.02. The van der Waals surface area contributed by atoms with E-state index in [0.717, 1.165) is 35.8 Å². The lowest BCUT2D eigenvalue weighted by Crippen LogP contribution is -2.19. The smallest absolute Gasteiger partial charge is 0.231 e. The Morgan fingerprint density at radius 2 is 2.12 bits per heavy atom. The monoisotopic (exact) mass is 220 g/mol. The fraction of sp³-hybridized carbons (Fsp3) is 0.417. The first-order valence-corrected chi connectivity index (χ1v) is 5.34. The van der Waals surface area contributed by atoms with E-state index in [1.165, 1.54) is 5.56 Å². The summed E-state index contributed by atoms with van der Waals surface area (Å²) in [6, 6.07) is 2.05. The first-order valence-electron chi connectivity index (χ1n) is 5.34. The third-order valence-corrected chi connectivity index (χ3v) is 3.04. The molecular weight excluding hydrogens is 206 g/mol. The quantitative estimate of drug-likeness (QED) is 0.663. The molecule has 0 atom stereocenters. The maximum atomic E-state index is 5.53. The van der Waals surface area contributed by atoms with Crippen LogP contribution in [0.3, 0.4) is 0 Å². The maximum absolute atomic E-state index is 5.53. The van der Waals surface area contributed by atoms with E-state index in [0.29, 0.717) is 0 Å². The number of hydrogen-bond donors (Lipinski definition) is 0. The number of ether oxygens (including phenoxy) is 3. The molecule has 0 bridgehead atoms. The molecule has 2 aliphatic heterocycles. The first kappa shape index (κ1) is 9.51. The van der Waals surface area contributed by atoms with Crippen LogP contribution in [-0.4, -0.2) is 38.3 Å². The standard InChI is InChI=1S/C12H14NO3/c1-13-4-3-8-5-10(14-2)12-11(9(8)6-13)15-7-16-12/h5-6H,3-4,7H2,1-2H3/q+1. The molecular formula is C12H14NO3+. The van der Waals surface area contributed by atoms with E-state index < -0.39 is 0 Å². The van der Waals surface area contributed by atoms with Crippen LogP contribution in [0.25, 0.3) is 0 Å². The molecule has 2 aliphatic rings. The summed E-state index contributed by atoms with van der Waals surface area (Å²) in [6.45, 7) is 1.30. The number of rotatable bonds is 1. The molecule has 4 heteroatoms. The van der Waals surface area contributed by atoms with Crippen LogP contribution in [0.2, 0.25) is 0 Å². The minimum absolute atomic E-state index is 0.277. The van der Waals surface area contributed by atoms with Gasteiger partial charge in [0.05, 0.1) is 12.7 Å². The molecule has 4 nitrogen and oxygen atoms in total. The molecule has 0 fully saturated rings. The van der Waals surface area contributed by atoms with Crippen molar-refractivity contribution in [3.63, 3.8) is 0 Å². The number of methoxy groups -OCH3 is 1. The van der Waals surface area contributed by atoms with Crippen LogP contribution in [-0.2, 0) is 6.42 Å². The van der Waals surface area contributed by atoms with E-state index in [4.69, 9.17) is 14.2 Å². The van der Waals surface area contributed by atoms with Crippen molar-refractivity contribution in [3.05, 3.63) is 17.2 Å². The van der Waals surface area contributed by atoms with Crippen molar-refractivity contribution in [1.82, 2.24) is 0 Å². The fourth-order valence-corrected chi connectivity index (χ4v) is 2.19. The lowest BCUT2D eigenvalue weighted by Gasteiger charge is -2.14. The zero-order valence-corrected chi connectivity index (χ0v) is 9.45. The third-order valence-electron chi connectivity index (χ3n) is 3.04. The topological polar surface area (TPSA) is 30.7 Å². The van der Waals surface area contributed by atoms with Gasteiger partial charge in [0.2, 0.25) is 12.5 Å². The number of benzene rings is 1. The Morgan fingerprint density at radius 1 is 1.31 bits per heavy atom. The number of nitrogens with zero attached hydrogens (tertiary/aromatic N) is 1. The number of fused-ring (bicyclic) bond motifs is 3. The second-order valence-corrected chi connectivity index (χ2v) is 4.08. The highest BCUT2D eigenvalue weighted by Crippen LogP contribution is 2.45. The van der Waals surface area contributed by atoms with Gasteiger partial charge in [0.25, 0.3) is 0 Å². The van der Waals surface area contributed by atoms with E-state index in [-0.39, 0.29) is 6.79 Å². The van der Waals surface area contributed by atoms with E-state index in [1.807, 2.05) is 6.07 Å². The molecule has 3 rings (SSSR count). The largest absolute Gasteiger partial charge is 0.493 e. The Bertz CT molecular complexity index is 480. The zero-order chi connectivity index (χ0) is 11.1. The van der Waals surface area contributed by atoms with E-state index in [2.05, 4.69) is 17.8 Å². The van der Waals surface area contributed by atoms with Crippen LogP contribution < -0.4 is 14.2 Å². The van der Waals surface area contributed by atoms with Gasteiger partial charge in [-0.1, -0.05) is 0 Å². The minimum Gasteiger partial charge on any atom is -0.493 e. The molecule has 16 heavy (non-hydrogen) atoms. The van der Waals surface area contributed by atoms with E-state index in [9.17, 15) is 0 Å². The summed E-state index contributed by atoms with van der Waals surface area (Å²) < 4.78 is 18.4. The van der Waals surface area contributed by atoms with Crippen molar-refractivity contribution >= 4 is 6.21 Å². The Labute approximate surface area is 94.1 Å². The fourth-order valence-electron chi connectivity index (χ4n) is 2.19. The molecule has 0 aliphatic carbocycles. The van der Waals surface area contributed by atoms with Crippen molar-refractivity contribution < 1.29 is 18.8 Å². The van der Waals surface area contributed by atoms with Crippen LogP contribution in [0.15, 0.2) is 6.07 Å². The molecule has 0 unspecified atom stereocenters. The Balaban J connectivity index is 2.24. The van der Waals surface area contributed by atoms with Gasteiger partial charge in [0.15, 0.2) is 17.7 Å². The number of hydrogen-bond acceptors (Lipinski definition) is 3. The molecule has 84 valence electrons. The third kappa shape index (κ3) is 1.26. The highest BCUT2D eigenvalue weighted by Gasteiger charge is 2.28. The van der Waals surface area contributed by atoms with E-state index in [1.54, 1.807) is 7.11 Å². The van der Waals surface area contributed by atoms with E-state index >= 15 is 0 Å². The van der Waals surface area contributed by atoms with Crippen molar-refractivity contribution in [3.8, 4) is 17.2 Å². The van der Waals surface area contributed by atoms with Crippen molar-refractivity contribution in [2.45, 2.75) is 6.42 Å². The molecule has 0 amide bonds. The lowest BCUT2D eigenvalue weighted by atomic mass is 10.0. The molecule has 0 aromatic heterocycles. The summed E-state index contributed by atoms with van der Waals surface area (Å²) in [5.74, 6) is 2.32. The summed E-state index contributed by atoms with van der Waals surface area (Å²) in [7, 11) is 3.72. The van der Waals surface area contributed by atoms with Gasteiger partial charge in [-0.3, -0.25) is 0 Å². The highest BCUT2D eigenvalue weighted by atomic mass is 16.7. The summed E-state index contributed by atoms with van der Waals surface area (Å²) in [5, 5.41) is 0. The molecule has 0 saturated carbocycles. The van der Waals surface area contributed by atoms with Gasteiger partial charge in [0, 0.05) is 6.42 Å². The van der Waals surface area contributed by atoms with Gasteiger partial charge in [-0.25, -0.2) is 4.58 Å². The summed E-state index contributed by atoms with van der Waals surface area (Å²) in [6.07, 6.45) is 3.11. The average molecular weight is 220 g/mol. The van der Waals surface area contributed by atoms with Crippen LogP contribution in [0.1, 0.15) is 11.1 Å². The summed E-state index contributed by atoms with van der Waals surface area (Å²) in [5.41, 5.74) is 2.39. The molecule has 0 spiro atoms. The Hall–Kier alpha value is -1.71. The van der Waals surface area contributed by atoms with Gasteiger partial charge < -0.3 is 14.2 Å². The molecule has 1 aromatic carbocycles. The van der Waals surface area contributed by atoms with Gasteiger partial charge >= 0.3 is 0 Å². The lowest BCUT2D eigenvalue weighted by molar-refractivity contribution is -0.493. The predicted octanol–water partition coefficient (Wildman–Crippen LogP) is 1.04. The number of likely N-dealkylation sites (N-methyl/N-ethyl adjacent to an activating group) is 1. The minimum atomic E-state index is 0.277. The molecule has 0 saturated heterocycles. The average Bonchev–Trinajstić information content (AvgIpc) is 2.77. The Morgan fingerprint density at radius 3 is 2.94 bits per heavy atom. The van der Waals surface area contributed by atoms with Crippen molar-refractivity contribution in [1.29, 1.82) is 0 Å². The summed E-state index contributed by atoms with van der Waals surface area (Å²) >= 11 is 0. The second-order valence-electron chi connectivity index (χ2n) is 4.08. The van der Waals surface area contributed by atoms with Gasteiger partial charge in [0.1, 0.15) is 13.6 Å². The van der Waals surface area contributed by atoms with Crippen LogP contribution in [0.4, 0.5) is 0 Å². The predicted molar refractivity (Wildman–Crippen MR) is 59.0 cm³/mol. The second kappa shape index (κ2) is 3.40. The first-order chi connectivity index (χ1) is 7.79. The van der Waals surface area contributed by atoms with Gasteiger partial charge in [-0.2, -0.15) is 0 Å². The van der Waals surface area contributed by atoms with Crippen LogP contribution in [0, 0.1) is 0 Å². The SMILES string of the molecule is COc1cc2c(c3c1OCO3)C=[N+](C)CC2. The maximum Gasteiger partial charge on any atom is 0.231 e. The zero-order valence-electron chi connectivity index (χ0n) is 9.45. The highest BCUT2D eigenvalue weighted by molar-refractivity contribution is 5.86. The summed E-state index contributed by atoms with van der Waals surface area (Å²) in [4.78, 5) is 0.